The summed E-state index contributed by atoms with van der Waals surface area (Å²) >= 11 is 0. The highest BCUT2D eigenvalue weighted by molar-refractivity contribution is 7.48. The van der Waals surface area contributed by atoms with E-state index in [-0.39, 0.29) is 12.2 Å². The summed E-state index contributed by atoms with van der Waals surface area (Å²) in [5.74, 6) is 0. The maximum Gasteiger partial charge on any atom is 0.529 e. The quantitative estimate of drug-likeness (QED) is 0.473. The highest BCUT2D eigenvalue weighted by Gasteiger charge is 2.31. The van der Waals surface area contributed by atoms with E-state index in [0.29, 0.717) is 0 Å². The van der Waals surface area contributed by atoms with Crippen LogP contribution in [0.4, 0.5) is 0 Å². The first-order chi connectivity index (χ1) is 6.97. The fourth-order valence-corrected chi connectivity index (χ4v) is 2.27. The third kappa shape index (κ3) is 5.98. The third-order valence-electron chi connectivity index (χ3n) is 1.97. The monoisotopic (exact) mass is 236 g/mol. The van der Waals surface area contributed by atoms with Crippen LogP contribution in [0.1, 0.15) is 40.5 Å². The minimum absolute atomic E-state index is 0.167. The topological polar surface area (TPSA) is 44.8 Å². The van der Waals surface area contributed by atoms with Gasteiger partial charge in [0, 0.05) is 0 Å². The van der Waals surface area contributed by atoms with Crippen molar-refractivity contribution in [2.24, 2.45) is 0 Å². The summed E-state index contributed by atoms with van der Waals surface area (Å²) in [4.78, 5) is 0. The third-order valence-corrected chi connectivity index (χ3v) is 3.62. The summed E-state index contributed by atoms with van der Waals surface area (Å²) in [6, 6.07) is 0. The van der Waals surface area contributed by atoms with Gasteiger partial charge in [-0.2, -0.15) is 0 Å². The summed E-state index contributed by atoms with van der Waals surface area (Å²) in [5.41, 5.74) is 0. The van der Waals surface area contributed by atoms with Crippen molar-refractivity contribution in [1.29, 1.82) is 0 Å². The van der Waals surface area contributed by atoms with Crippen molar-refractivity contribution < 1.29 is 18.1 Å². The number of hydrogen-bond acceptors (Lipinski definition) is 4. The SMILES string of the molecule is C=COP(=O)(OC(C)CC)OC(C)CC. The second-order valence-electron chi connectivity index (χ2n) is 3.37. The van der Waals surface area contributed by atoms with Crippen LogP contribution >= 0.6 is 7.82 Å². The summed E-state index contributed by atoms with van der Waals surface area (Å²) in [6.07, 6.45) is 2.24. The Morgan fingerprint density at radius 2 is 1.60 bits per heavy atom. The average Bonchev–Trinajstić information content (AvgIpc) is 2.17. The highest BCUT2D eigenvalue weighted by atomic mass is 31.2. The number of phosphoric acid groups is 1. The Kier molecular flexibility index (Phi) is 6.90. The molecule has 0 saturated carbocycles. The molecular formula is C10H21O4P. The van der Waals surface area contributed by atoms with Gasteiger partial charge in [-0.1, -0.05) is 20.4 Å². The van der Waals surface area contributed by atoms with Gasteiger partial charge < -0.3 is 4.52 Å². The van der Waals surface area contributed by atoms with Crippen LogP contribution in [0.15, 0.2) is 12.8 Å². The van der Waals surface area contributed by atoms with Crippen LogP contribution in [0.3, 0.4) is 0 Å². The molecule has 0 radical (unpaired) electrons. The van der Waals surface area contributed by atoms with Gasteiger partial charge in [0.05, 0.1) is 18.5 Å². The maximum absolute atomic E-state index is 12.0. The molecule has 0 aromatic rings. The molecule has 2 unspecified atom stereocenters. The van der Waals surface area contributed by atoms with Crippen LogP contribution in [0.5, 0.6) is 0 Å². The number of rotatable bonds is 8. The van der Waals surface area contributed by atoms with Crippen LogP contribution in [0.2, 0.25) is 0 Å². The van der Waals surface area contributed by atoms with Gasteiger partial charge in [0.15, 0.2) is 0 Å². The molecular weight excluding hydrogens is 215 g/mol. The molecule has 0 amide bonds. The molecule has 0 aliphatic rings. The van der Waals surface area contributed by atoms with Crippen LogP contribution in [-0.4, -0.2) is 12.2 Å². The van der Waals surface area contributed by atoms with Gasteiger partial charge in [0.25, 0.3) is 0 Å². The van der Waals surface area contributed by atoms with E-state index >= 15 is 0 Å². The van der Waals surface area contributed by atoms with Gasteiger partial charge in [-0.15, -0.1) is 0 Å². The molecule has 0 aromatic heterocycles. The standard InChI is InChI=1S/C10H21O4P/c1-6-9(4)13-15(11,12-8-3)14-10(5)7-2/h8-10H,3,6-7H2,1-2,4-5H3. The highest BCUT2D eigenvalue weighted by Crippen LogP contribution is 2.52. The van der Waals surface area contributed by atoms with E-state index in [9.17, 15) is 4.57 Å². The molecule has 0 aliphatic carbocycles. The molecule has 0 spiro atoms. The predicted molar refractivity (Wildman–Crippen MR) is 60.6 cm³/mol. The van der Waals surface area contributed by atoms with E-state index in [1.54, 1.807) is 0 Å². The molecule has 0 rings (SSSR count). The van der Waals surface area contributed by atoms with Crippen molar-refractivity contribution in [1.82, 2.24) is 0 Å². The number of hydrogen-bond donors (Lipinski definition) is 0. The molecule has 0 aromatic carbocycles. The van der Waals surface area contributed by atoms with Crippen molar-refractivity contribution >= 4 is 7.82 Å². The Morgan fingerprint density at radius 1 is 1.20 bits per heavy atom. The first-order valence-corrected chi connectivity index (χ1v) is 6.69. The van der Waals surface area contributed by atoms with E-state index in [4.69, 9.17) is 13.6 Å². The van der Waals surface area contributed by atoms with Gasteiger partial charge >= 0.3 is 7.82 Å². The lowest BCUT2D eigenvalue weighted by molar-refractivity contribution is 0.0792. The Balaban J connectivity index is 4.44. The Hall–Kier alpha value is -0.310. The molecule has 0 bridgehead atoms. The first-order valence-electron chi connectivity index (χ1n) is 5.23. The maximum atomic E-state index is 12.0. The molecule has 0 N–H and O–H groups in total. The molecule has 2 atom stereocenters. The summed E-state index contributed by atoms with van der Waals surface area (Å²) < 4.78 is 27.3. The minimum atomic E-state index is -3.48. The van der Waals surface area contributed by atoms with Crippen molar-refractivity contribution in [2.75, 3.05) is 0 Å². The largest absolute Gasteiger partial charge is 0.529 e. The van der Waals surface area contributed by atoms with E-state index < -0.39 is 7.82 Å². The molecule has 4 nitrogen and oxygen atoms in total. The predicted octanol–water partition coefficient (Wildman–Crippen LogP) is 3.88. The smallest absolute Gasteiger partial charge is 0.413 e. The van der Waals surface area contributed by atoms with E-state index in [2.05, 4.69) is 6.58 Å². The van der Waals surface area contributed by atoms with Gasteiger partial charge in [-0.25, -0.2) is 4.57 Å². The summed E-state index contributed by atoms with van der Waals surface area (Å²) in [5, 5.41) is 0. The van der Waals surface area contributed by atoms with Crippen LogP contribution < -0.4 is 0 Å². The zero-order chi connectivity index (χ0) is 11.9. The van der Waals surface area contributed by atoms with Crippen LogP contribution in [0.25, 0.3) is 0 Å². The van der Waals surface area contributed by atoms with Crippen molar-refractivity contribution in [2.45, 2.75) is 52.7 Å². The lowest BCUT2D eigenvalue weighted by Crippen LogP contribution is -2.11. The lowest BCUT2D eigenvalue weighted by Gasteiger charge is -2.22. The Morgan fingerprint density at radius 3 is 1.87 bits per heavy atom. The summed E-state index contributed by atoms with van der Waals surface area (Å²) in [6.45, 7) is 10.9. The van der Waals surface area contributed by atoms with E-state index in [1.165, 1.54) is 0 Å². The second kappa shape index (κ2) is 7.04. The normalized spacial score (nSPS) is 18.9. The van der Waals surface area contributed by atoms with Gasteiger partial charge in [0.2, 0.25) is 0 Å². The zero-order valence-corrected chi connectivity index (χ0v) is 10.8. The fourth-order valence-electron chi connectivity index (χ4n) is 0.756. The van der Waals surface area contributed by atoms with E-state index in [0.717, 1.165) is 19.1 Å². The lowest BCUT2D eigenvalue weighted by atomic mass is 10.3. The van der Waals surface area contributed by atoms with Gasteiger partial charge in [-0.3, -0.25) is 9.05 Å². The Labute approximate surface area is 92.2 Å². The molecule has 0 heterocycles. The second-order valence-corrected chi connectivity index (χ2v) is 4.89. The molecule has 15 heavy (non-hydrogen) atoms. The van der Waals surface area contributed by atoms with E-state index in [1.807, 2.05) is 27.7 Å². The number of phosphoric ester groups is 1. The van der Waals surface area contributed by atoms with Crippen molar-refractivity contribution in [3.63, 3.8) is 0 Å². The van der Waals surface area contributed by atoms with Crippen molar-refractivity contribution in [3.05, 3.63) is 12.8 Å². The van der Waals surface area contributed by atoms with Gasteiger partial charge in [0.1, 0.15) is 0 Å². The average molecular weight is 236 g/mol. The molecule has 0 aliphatic heterocycles. The minimum Gasteiger partial charge on any atom is -0.413 e. The fraction of sp³-hybridized carbons (Fsp3) is 0.800. The molecule has 0 fully saturated rings. The van der Waals surface area contributed by atoms with Crippen LogP contribution in [0, 0.1) is 0 Å². The summed E-state index contributed by atoms with van der Waals surface area (Å²) in [7, 11) is -3.48. The van der Waals surface area contributed by atoms with Crippen molar-refractivity contribution in [3.8, 4) is 0 Å². The molecule has 5 heteroatoms. The Bertz CT molecular complexity index is 213. The first kappa shape index (κ1) is 14.7. The van der Waals surface area contributed by atoms with Gasteiger partial charge in [-0.05, 0) is 26.7 Å². The molecule has 90 valence electrons. The molecule has 0 saturated heterocycles. The zero-order valence-electron chi connectivity index (χ0n) is 9.93. The van der Waals surface area contributed by atoms with Crippen LogP contribution in [-0.2, 0) is 18.1 Å².